The maximum absolute atomic E-state index is 13.2. The van der Waals surface area contributed by atoms with E-state index in [0.29, 0.717) is 13.1 Å². The van der Waals surface area contributed by atoms with Crippen molar-refractivity contribution in [2.75, 3.05) is 32.1 Å². The van der Waals surface area contributed by atoms with E-state index in [9.17, 15) is 8.78 Å². The van der Waals surface area contributed by atoms with Crippen molar-refractivity contribution in [1.82, 2.24) is 4.90 Å². The van der Waals surface area contributed by atoms with E-state index in [1.54, 1.807) is 12.1 Å². The average molecular weight is 528 g/mol. The fraction of sp³-hybridized carbons (Fsp3) is 0.265. The second-order valence-electron chi connectivity index (χ2n) is 9.96. The van der Waals surface area contributed by atoms with Gasteiger partial charge in [0.15, 0.2) is 0 Å². The molecule has 1 saturated heterocycles. The number of fused-ring (bicyclic) bond motifs is 1. The molecule has 0 bridgehead atoms. The van der Waals surface area contributed by atoms with Crippen molar-refractivity contribution in [1.29, 1.82) is 5.41 Å². The summed E-state index contributed by atoms with van der Waals surface area (Å²) in [5.41, 5.74) is 6.49. The molecule has 0 spiro atoms. The molecular formula is C34H39F2N3. The fourth-order valence-corrected chi connectivity index (χ4v) is 5.33. The first-order valence-corrected chi connectivity index (χ1v) is 13.2. The Hall–Kier alpha value is -3.83. The van der Waals surface area contributed by atoms with Crippen molar-refractivity contribution in [2.45, 2.75) is 25.7 Å². The third-order valence-electron chi connectivity index (χ3n) is 7.16. The smallest absolute Gasteiger partial charge is 0.123 e. The molecule has 5 heteroatoms. The second kappa shape index (κ2) is 14.4. The SMILES string of the molecule is C=C(/C=C\C=C/C)CN1CC2CC2(c2cc(C=N)c(Nc3ccc(F)cc3)cc2C)C1.CF.c1ccccc1. The van der Waals surface area contributed by atoms with Gasteiger partial charge in [-0.15, -0.1) is 0 Å². The summed E-state index contributed by atoms with van der Waals surface area (Å²) in [6, 6.07) is 22.6. The lowest BCUT2D eigenvalue weighted by atomic mass is 9.88. The monoisotopic (exact) mass is 527 g/mol. The molecule has 2 unspecified atom stereocenters. The number of rotatable bonds is 8. The van der Waals surface area contributed by atoms with Crippen molar-refractivity contribution in [3.63, 3.8) is 0 Å². The molecule has 5 rings (SSSR count). The Kier molecular flexibility index (Phi) is 10.9. The molecule has 1 aliphatic heterocycles. The van der Waals surface area contributed by atoms with Gasteiger partial charge in [0.25, 0.3) is 0 Å². The average Bonchev–Trinajstić information content (AvgIpc) is 3.53. The van der Waals surface area contributed by atoms with Crippen LogP contribution in [0, 0.1) is 24.1 Å². The molecule has 0 amide bonds. The first-order chi connectivity index (χ1) is 18.9. The van der Waals surface area contributed by atoms with Gasteiger partial charge >= 0.3 is 0 Å². The molecular weight excluding hydrogens is 488 g/mol. The van der Waals surface area contributed by atoms with E-state index in [1.807, 2.05) is 61.5 Å². The largest absolute Gasteiger partial charge is 0.355 e. The van der Waals surface area contributed by atoms with Gasteiger partial charge in [-0.25, -0.2) is 4.39 Å². The highest BCUT2D eigenvalue weighted by Crippen LogP contribution is 2.60. The van der Waals surface area contributed by atoms with E-state index in [4.69, 9.17) is 5.41 Å². The van der Waals surface area contributed by atoms with Crippen LogP contribution in [0.4, 0.5) is 20.2 Å². The minimum atomic E-state index is -0.256. The van der Waals surface area contributed by atoms with Gasteiger partial charge in [-0.1, -0.05) is 67.3 Å². The number of halogens is 2. The van der Waals surface area contributed by atoms with Crippen LogP contribution in [-0.4, -0.2) is 37.9 Å². The number of benzene rings is 3. The van der Waals surface area contributed by atoms with Crippen LogP contribution in [0.5, 0.6) is 0 Å². The van der Waals surface area contributed by atoms with Crippen LogP contribution in [0.2, 0.25) is 0 Å². The summed E-state index contributed by atoms with van der Waals surface area (Å²) in [5, 5.41) is 11.3. The number of anilines is 2. The maximum Gasteiger partial charge on any atom is 0.123 e. The molecule has 2 N–H and O–H groups in total. The summed E-state index contributed by atoms with van der Waals surface area (Å²) in [6.07, 6.45) is 10.8. The zero-order chi connectivity index (χ0) is 28.3. The molecule has 2 atom stereocenters. The zero-order valence-electron chi connectivity index (χ0n) is 23.1. The third-order valence-corrected chi connectivity index (χ3v) is 7.16. The molecule has 2 fully saturated rings. The number of allylic oxidation sites excluding steroid dienone is 3. The Morgan fingerprint density at radius 2 is 1.72 bits per heavy atom. The quantitative estimate of drug-likeness (QED) is 0.228. The fourth-order valence-electron chi connectivity index (χ4n) is 5.33. The lowest BCUT2D eigenvalue weighted by molar-refractivity contribution is 0.325. The van der Waals surface area contributed by atoms with Crippen molar-refractivity contribution in [3.05, 3.63) is 132 Å². The highest BCUT2D eigenvalue weighted by Gasteiger charge is 2.61. The van der Waals surface area contributed by atoms with E-state index >= 15 is 0 Å². The normalized spacial score (nSPS) is 19.5. The number of nitrogens with zero attached hydrogens (tertiary/aromatic N) is 1. The minimum absolute atomic E-state index is 0.198. The van der Waals surface area contributed by atoms with Gasteiger partial charge in [0.05, 0.1) is 7.18 Å². The number of aryl methyl sites for hydroxylation is 1. The predicted octanol–water partition coefficient (Wildman–Crippen LogP) is 8.41. The van der Waals surface area contributed by atoms with Crippen LogP contribution >= 0.6 is 0 Å². The summed E-state index contributed by atoms with van der Waals surface area (Å²) < 4.78 is 22.7. The number of piperidine rings is 1. The van der Waals surface area contributed by atoms with Crippen LogP contribution in [-0.2, 0) is 5.41 Å². The van der Waals surface area contributed by atoms with Gasteiger partial charge in [0.2, 0.25) is 0 Å². The zero-order valence-corrected chi connectivity index (χ0v) is 23.1. The molecule has 3 nitrogen and oxygen atoms in total. The van der Waals surface area contributed by atoms with E-state index in [0.717, 1.165) is 42.1 Å². The number of alkyl halides is 1. The third kappa shape index (κ3) is 7.84. The van der Waals surface area contributed by atoms with Crippen LogP contribution in [0.3, 0.4) is 0 Å². The molecule has 3 aromatic rings. The Bertz CT molecular complexity index is 1260. The van der Waals surface area contributed by atoms with Crippen LogP contribution in [0.25, 0.3) is 0 Å². The first-order valence-electron chi connectivity index (χ1n) is 13.2. The number of hydrogen-bond acceptors (Lipinski definition) is 3. The molecule has 2 aliphatic rings. The second-order valence-corrected chi connectivity index (χ2v) is 9.96. The Morgan fingerprint density at radius 3 is 2.31 bits per heavy atom. The van der Waals surface area contributed by atoms with E-state index in [2.05, 4.69) is 41.9 Å². The van der Waals surface area contributed by atoms with Crippen molar-refractivity contribution in [2.24, 2.45) is 5.92 Å². The summed E-state index contributed by atoms with van der Waals surface area (Å²) in [4.78, 5) is 2.50. The maximum atomic E-state index is 13.2. The van der Waals surface area contributed by atoms with E-state index in [-0.39, 0.29) is 11.2 Å². The van der Waals surface area contributed by atoms with E-state index < -0.39 is 0 Å². The summed E-state index contributed by atoms with van der Waals surface area (Å²) in [7, 11) is 0.500. The lowest BCUT2D eigenvalue weighted by Crippen LogP contribution is -2.28. The van der Waals surface area contributed by atoms with Crippen molar-refractivity contribution < 1.29 is 8.78 Å². The number of hydrogen-bond donors (Lipinski definition) is 2. The summed E-state index contributed by atoms with van der Waals surface area (Å²) in [6.45, 7) is 11.4. The Labute approximate surface area is 232 Å². The summed E-state index contributed by atoms with van der Waals surface area (Å²) in [5.74, 6) is 0.419. The van der Waals surface area contributed by atoms with Gasteiger partial charge in [0.1, 0.15) is 5.82 Å². The van der Waals surface area contributed by atoms with Crippen LogP contribution in [0.15, 0.2) is 109 Å². The van der Waals surface area contributed by atoms with Gasteiger partial charge in [-0.2, -0.15) is 0 Å². The molecule has 204 valence electrons. The Morgan fingerprint density at radius 1 is 1.08 bits per heavy atom. The highest BCUT2D eigenvalue weighted by molar-refractivity contribution is 5.88. The molecule has 0 radical (unpaired) electrons. The molecule has 1 saturated carbocycles. The predicted molar refractivity (Wildman–Crippen MR) is 162 cm³/mol. The highest BCUT2D eigenvalue weighted by atomic mass is 19.1. The number of likely N-dealkylation sites (tertiary alicyclic amines) is 1. The van der Waals surface area contributed by atoms with Gasteiger partial charge < -0.3 is 10.7 Å². The van der Waals surface area contributed by atoms with Crippen molar-refractivity contribution in [3.8, 4) is 0 Å². The lowest BCUT2D eigenvalue weighted by Gasteiger charge is -2.23. The molecule has 0 aromatic heterocycles. The molecule has 3 aromatic carbocycles. The molecule has 39 heavy (non-hydrogen) atoms. The molecule has 1 aliphatic carbocycles. The minimum Gasteiger partial charge on any atom is -0.355 e. The first kappa shape index (κ1) is 29.7. The Balaban J connectivity index is 0.000000457. The van der Waals surface area contributed by atoms with Gasteiger partial charge in [0, 0.05) is 48.2 Å². The van der Waals surface area contributed by atoms with E-state index in [1.165, 1.54) is 35.9 Å². The van der Waals surface area contributed by atoms with Crippen LogP contribution in [0.1, 0.15) is 30.0 Å². The number of nitrogens with one attached hydrogen (secondary N) is 2. The van der Waals surface area contributed by atoms with Gasteiger partial charge in [-0.3, -0.25) is 9.29 Å². The van der Waals surface area contributed by atoms with Crippen molar-refractivity contribution >= 4 is 17.6 Å². The van der Waals surface area contributed by atoms with Crippen LogP contribution < -0.4 is 5.32 Å². The molecule has 1 heterocycles. The standard InChI is InChI=1S/C27H30FN3.C6H6.CH3F/c1-4-5-6-7-19(2)16-31-17-22-14-27(22,18-31)25-13-21(15-29)26(12-20(25)3)30-24-10-8-23(28)9-11-24;1-2-4-6-5-3-1;1-2/h4-13,15,22,29-30H,2,14,16-18H2,1,3H3;1-6H;1H3/b5-4-,7-6-,29-15?;;. The van der Waals surface area contributed by atoms with Gasteiger partial charge in [-0.05, 0) is 79.3 Å². The topological polar surface area (TPSA) is 39.1 Å². The summed E-state index contributed by atoms with van der Waals surface area (Å²) >= 11 is 0.